The summed E-state index contributed by atoms with van der Waals surface area (Å²) in [5.41, 5.74) is 4.33. The maximum Gasteiger partial charge on any atom is 0.119 e. The Morgan fingerprint density at radius 2 is 1.59 bits per heavy atom. The Kier molecular flexibility index (Phi) is 7.64. The third kappa shape index (κ3) is 5.48. The summed E-state index contributed by atoms with van der Waals surface area (Å²) >= 11 is 0. The van der Waals surface area contributed by atoms with Crippen molar-refractivity contribution >= 4 is 0 Å². The van der Waals surface area contributed by atoms with Gasteiger partial charge in [-0.2, -0.15) is 5.26 Å². The fourth-order valence-electron chi connectivity index (χ4n) is 4.10. The lowest BCUT2D eigenvalue weighted by molar-refractivity contribution is 0.317. The van der Waals surface area contributed by atoms with Crippen LogP contribution in [0.5, 0.6) is 5.75 Å². The highest BCUT2D eigenvalue weighted by molar-refractivity contribution is 5.41. The van der Waals surface area contributed by atoms with Crippen molar-refractivity contribution < 1.29 is 4.74 Å². The van der Waals surface area contributed by atoms with Gasteiger partial charge in [0.15, 0.2) is 0 Å². The molecule has 1 N–H and O–H groups in total. The molecule has 0 atom stereocenters. The Bertz CT molecular complexity index is 1180. The molecule has 5 heteroatoms. The van der Waals surface area contributed by atoms with Crippen LogP contribution >= 0.6 is 0 Å². The van der Waals surface area contributed by atoms with Gasteiger partial charge in [-0.15, -0.1) is 0 Å². The third-order valence-electron chi connectivity index (χ3n) is 5.82. The number of nitrogens with zero attached hydrogens (tertiary/aromatic N) is 3. The summed E-state index contributed by atoms with van der Waals surface area (Å²) in [7, 11) is 0. The van der Waals surface area contributed by atoms with Gasteiger partial charge in [0, 0.05) is 31.3 Å². The molecule has 0 aliphatic rings. The van der Waals surface area contributed by atoms with Crippen molar-refractivity contribution in [2.45, 2.75) is 31.8 Å². The van der Waals surface area contributed by atoms with Gasteiger partial charge in [0.05, 0.1) is 23.8 Å². The summed E-state index contributed by atoms with van der Waals surface area (Å²) in [5.74, 6) is 0.879. The van der Waals surface area contributed by atoms with Gasteiger partial charge >= 0.3 is 0 Å². The Labute approximate surface area is 201 Å². The van der Waals surface area contributed by atoms with Crippen LogP contribution in [0.15, 0.2) is 97.6 Å². The van der Waals surface area contributed by atoms with E-state index in [4.69, 9.17) is 4.74 Å². The number of rotatable bonds is 10. The molecule has 0 radical (unpaired) electrons. The van der Waals surface area contributed by atoms with Gasteiger partial charge in [-0.05, 0) is 71.5 Å². The first kappa shape index (κ1) is 23.2. The van der Waals surface area contributed by atoms with E-state index in [1.807, 2.05) is 54.9 Å². The molecular formula is C29H28N4O. The molecule has 170 valence electrons. The van der Waals surface area contributed by atoms with Crippen molar-refractivity contribution in [1.82, 2.24) is 15.3 Å². The van der Waals surface area contributed by atoms with Crippen LogP contribution in [0.1, 0.15) is 41.2 Å². The molecule has 2 heterocycles. The SMILES string of the molecule is CCCOc1ccc(CNC(Cc2cccc(C#N)c2)(c2cccnc2)c2cccnc2)cc1. The number of ether oxygens (including phenoxy) is 1. The molecule has 0 spiro atoms. The van der Waals surface area contributed by atoms with Gasteiger partial charge in [0.25, 0.3) is 0 Å². The number of benzene rings is 2. The molecule has 0 aliphatic carbocycles. The topological polar surface area (TPSA) is 70.8 Å². The van der Waals surface area contributed by atoms with Crippen molar-refractivity contribution in [2.24, 2.45) is 0 Å². The highest BCUT2D eigenvalue weighted by Gasteiger charge is 2.35. The minimum Gasteiger partial charge on any atom is -0.494 e. The monoisotopic (exact) mass is 448 g/mol. The number of hydrogen-bond acceptors (Lipinski definition) is 5. The van der Waals surface area contributed by atoms with Crippen LogP contribution in [-0.4, -0.2) is 16.6 Å². The molecular weight excluding hydrogens is 420 g/mol. The predicted molar refractivity (Wildman–Crippen MR) is 133 cm³/mol. The number of nitrogens with one attached hydrogen (secondary N) is 1. The van der Waals surface area contributed by atoms with E-state index in [2.05, 4.69) is 58.6 Å². The van der Waals surface area contributed by atoms with Crippen LogP contribution in [0.2, 0.25) is 0 Å². The highest BCUT2D eigenvalue weighted by Crippen LogP contribution is 2.33. The molecule has 2 aromatic heterocycles. The van der Waals surface area contributed by atoms with Crippen molar-refractivity contribution in [3.05, 3.63) is 125 Å². The fourth-order valence-corrected chi connectivity index (χ4v) is 4.10. The molecule has 34 heavy (non-hydrogen) atoms. The Morgan fingerprint density at radius 3 is 2.18 bits per heavy atom. The fraction of sp³-hybridized carbons (Fsp3) is 0.207. The van der Waals surface area contributed by atoms with Gasteiger partial charge in [0.1, 0.15) is 5.75 Å². The molecule has 0 unspecified atom stereocenters. The lowest BCUT2D eigenvalue weighted by Gasteiger charge is -2.36. The van der Waals surface area contributed by atoms with Gasteiger partial charge in [-0.3, -0.25) is 15.3 Å². The zero-order valence-electron chi connectivity index (χ0n) is 19.3. The van der Waals surface area contributed by atoms with Crippen molar-refractivity contribution in [2.75, 3.05) is 6.61 Å². The van der Waals surface area contributed by atoms with E-state index in [1.54, 1.807) is 12.4 Å². The summed E-state index contributed by atoms with van der Waals surface area (Å²) in [6.07, 6.45) is 8.98. The lowest BCUT2D eigenvalue weighted by Crippen LogP contribution is -2.45. The number of nitriles is 1. The predicted octanol–water partition coefficient (Wildman–Crippen LogP) is 5.41. The largest absolute Gasteiger partial charge is 0.494 e. The first-order valence-electron chi connectivity index (χ1n) is 11.5. The van der Waals surface area contributed by atoms with E-state index < -0.39 is 5.54 Å². The quantitative estimate of drug-likeness (QED) is 0.351. The number of pyridine rings is 2. The van der Waals surface area contributed by atoms with Gasteiger partial charge in [-0.1, -0.05) is 43.3 Å². The van der Waals surface area contributed by atoms with Gasteiger partial charge in [0.2, 0.25) is 0 Å². The van der Waals surface area contributed by atoms with E-state index >= 15 is 0 Å². The highest BCUT2D eigenvalue weighted by atomic mass is 16.5. The summed E-state index contributed by atoms with van der Waals surface area (Å²) in [6, 6.07) is 26.3. The Balaban J connectivity index is 1.72. The van der Waals surface area contributed by atoms with E-state index in [1.165, 1.54) is 0 Å². The second-order valence-corrected chi connectivity index (χ2v) is 8.22. The van der Waals surface area contributed by atoms with Gasteiger partial charge < -0.3 is 4.74 Å². The van der Waals surface area contributed by atoms with Crippen molar-refractivity contribution in [3.63, 3.8) is 0 Å². The van der Waals surface area contributed by atoms with E-state index in [0.717, 1.165) is 34.4 Å². The number of hydrogen-bond donors (Lipinski definition) is 1. The molecule has 5 nitrogen and oxygen atoms in total. The van der Waals surface area contributed by atoms with Gasteiger partial charge in [-0.25, -0.2) is 0 Å². The average molecular weight is 449 g/mol. The zero-order valence-corrected chi connectivity index (χ0v) is 19.3. The molecule has 0 amide bonds. The third-order valence-corrected chi connectivity index (χ3v) is 5.82. The van der Waals surface area contributed by atoms with E-state index in [-0.39, 0.29) is 0 Å². The first-order valence-corrected chi connectivity index (χ1v) is 11.5. The molecule has 4 aromatic rings. The smallest absolute Gasteiger partial charge is 0.119 e. The molecule has 0 saturated carbocycles. The standard InChI is InChI=1S/C29H28N4O/c1-2-16-34-28-12-10-23(11-13-28)20-33-29(26-8-4-14-31-21-26,27-9-5-15-32-22-27)18-24-6-3-7-25(17-24)19-30/h3-15,17,21-22,33H,2,16,18,20H2,1H3. The summed E-state index contributed by atoms with van der Waals surface area (Å²) in [6.45, 7) is 3.45. The van der Waals surface area contributed by atoms with E-state index in [0.29, 0.717) is 25.1 Å². The van der Waals surface area contributed by atoms with Crippen LogP contribution < -0.4 is 10.1 Å². The molecule has 0 bridgehead atoms. The minimum absolute atomic E-state index is 0.589. The van der Waals surface area contributed by atoms with Crippen LogP contribution in [-0.2, 0) is 18.5 Å². The first-order chi connectivity index (χ1) is 16.7. The maximum atomic E-state index is 9.43. The van der Waals surface area contributed by atoms with Crippen LogP contribution in [0.25, 0.3) is 0 Å². The molecule has 0 fully saturated rings. The Morgan fingerprint density at radius 1 is 0.882 bits per heavy atom. The lowest BCUT2D eigenvalue weighted by atomic mass is 9.79. The second-order valence-electron chi connectivity index (χ2n) is 8.22. The zero-order chi connectivity index (χ0) is 23.6. The van der Waals surface area contributed by atoms with Crippen LogP contribution in [0.3, 0.4) is 0 Å². The molecule has 0 saturated heterocycles. The summed E-state index contributed by atoms with van der Waals surface area (Å²) < 4.78 is 5.73. The summed E-state index contributed by atoms with van der Waals surface area (Å²) in [4.78, 5) is 8.83. The van der Waals surface area contributed by atoms with Crippen LogP contribution in [0, 0.1) is 11.3 Å². The maximum absolute atomic E-state index is 9.43. The molecule has 2 aromatic carbocycles. The number of aromatic nitrogens is 2. The summed E-state index contributed by atoms with van der Waals surface area (Å²) in [5, 5.41) is 13.3. The molecule has 4 rings (SSSR count). The van der Waals surface area contributed by atoms with Crippen molar-refractivity contribution in [3.8, 4) is 11.8 Å². The minimum atomic E-state index is -0.589. The second kappa shape index (κ2) is 11.2. The normalized spacial score (nSPS) is 11.1. The average Bonchev–Trinajstić information content (AvgIpc) is 2.91. The molecule has 0 aliphatic heterocycles. The van der Waals surface area contributed by atoms with E-state index in [9.17, 15) is 5.26 Å². The van der Waals surface area contributed by atoms with Crippen LogP contribution in [0.4, 0.5) is 0 Å². The van der Waals surface area contributed by atoms with Crippen molar-refractivity contribution in [1.29, 1.82) is 5.26 Å². The Hall–Kier alpha value is -4.01.